The second-order valence-electron chi connectivity index (χ2n) is 7.70. The lowest BCUT2D eigenvalue weighted by molar-refractivity contribution is 0.867. The Labute approximate surface area is 176 Å². The summed E-state index contributed by atoms with van der Waals surface area (Å²) in [5, 5.41) is 4.78. The molecule has 5 aromatic rings. The Hall–Kier alpha value is -3.59. The lowest BCUT2D eigenvalue weighted by Gasteiger charge is -2.22. The average Bonchev–Trinajstić information content (AvgIpc) is 2.78. The van der Waals surface area contributed by atoms with Gasteiger partial charge >= 0.3 is 0 Å². The molecule has 0 saturated heterocycles. The van der Waals surface area contributed by atoms with Crippen molar-refractivity contribution in [2.75, 3.05) is 23.7 Å². The average molecular weight is 392 g/mol. The van der Waals surface area contributed by atoms with Crippen LogP contribution in [0.15, 0.2) is 78.9 Å². The van der Waals surface area contributed by atoms with Crippen molar-refractivity contribution in [1.82, 2.24) is 4.98 Å². The Morgan fingerprint density at radius 1 is 0.733 bits per heavy atom. The number of anilines is 2. The molecule has 0 atom stereocenters. The van der Waals surface area contributed by atoms with E-state index in [1.807, 2.05) is 12.1 Å². The van der Waals surface area contributed by atoms with Crippen molar-refractivity contribution in [3.8, 4) is 11.1 Å². The first-order valence-electron chi connectivity index (χ1n) is 10.5. The second-order valence-corrected chi connectivity index (χ2v) is 7.70. The van der Waals surface area contributed by atoms with E-state index in [2.05, 4.69) is 85.5 Å². The van der Waals surface area contributed by atoms with Crippen LogP contribution < -0.4 is 10.6 Å². The molecule has 0 saturated carbocycles. The van der Waals surface area contributed by atoms with Crippen LogP contribution in [-0.2, 0) is 0 Å². The van der Waals surface area contributed by atoms with Gasteiger partial charge in [-0.25, -0.2) is 4.98 Å². The summed E-state index contributed by atoms with van der Waals surface area (Å²) < 4.78 is 0. The van der Waals surface area contributed by atoms with Crippen molar-refractivity contribution in [2.45, 2.75) is 13.8 Å². The third-order valence-corrected chi connectivity index (χ3v) is 5.95. The number of nitrogens with two attached hydrogens (primary N) is 1. The van der Waals surface area contributed by atoms with Gasteiger partial charge in [0.15, 0.2) is 0 Å². The minimum Gasteiger partial charge on any atom is -0.399 e. The van der Waals surface area contributed by atoms with Crippen LogP contribution in [0.2, 0.25) is 0 Å². The van der Waals surface area contributed by atoms with Crippen molar-refractivity contribution in [1.29, 1.82) is 0 Å². The zero-order valence-corrected chi connectivity index (χ0v) is 17.4. The van der Waals surface area contributed by atoms with Crippen molar-refractivity contribution < 1.29 is 0 Å². The van der Waals surface area contributed by atoms with Gasteiger partial charge in [-0.15, -0.1) is 0 Å². The van der Waals surface area contributed by atoms with E-state index < -0.39 is 0 Å². The molecule has 5 rings (SSSR count). The lowest BCUT2D eigenvalue weighted by atomic mass is 9.94. The third kappa shape index (κ3) is 3.03. The molecule has 0 fully saturated rings. The highest BCUT2D eigenvalue weighted by atomic mass is 15.1. The van der Waals surface area contributed by atoms with Gasteiger partial charge in [-0.3, -0.25) is 0 Å². The second kappa shape index (κ2) is 7.34. The molecule has 1 aromatic heterocycles. The molecule has 30 heavy (non-hydrogen) atoms. The van der Waals surface area contributed by atoms with Gasteiger partial charge in [-0.2, -0.15) is 0 Å². The largest absolute Gasteiger partial charge is 0.399 e. The van der Waals surface area contributed by atoms with Gasteiger partial charge < -0.3 is 10.6 Å². The van der Waals surface area contributed by atoms with Crippen LogP contribution in [0.4, 0.5) is 11.4 Å². The summed E-state index contributed by atoms with van der Waals surface area (Å²) in [5.41, 5.74) is 12.4. The molecule has 0 unspecified atom stereocenters. The van der Waals surface area contributed by atoms with Crippen molar-refractivity contribution in [2.24, 2.45) is 0 Å². The first kappa shape index (κ1) is 18.4. The molecule has 0 radical (unpaired) electrons. The summed E-state index contributed by atoms with van der Waals surface area (Å²) >= 11 is 0. The highest BCUT2D eigenvalue weighted by Gasteiger charge is 2.14. The van der Waals surface area contributed by atoms with Crippen LogP contribution in [0.5, 0.6) is 0 Å². The van der Waals surface area contributed by atoms with Gasteiger partial charge in [0.1, 0.15) is 0 Å². The van der Waals surface area contributed by atoms with E-state index in [4.69, 9.17) is 10.7 Å². The minimum absolute atomic E-state index is 0.735. The molecule has 3 heteroatoms. The molecular weight excluding hydrogens is 366 g/mol. The number of hydrogen-bond acceptors (Lipinski definition) is 3. The van der Waals surface area contributed by atoms with E-state index in [9.17, 15) is 0 Å². The third-order valence-electron chi connectivity index (χ3n) is 5.95. The van der Waals surface area contributed by atoms with Crippen LogP contribution in [0.3, 0.4) is 0 Å². The van der Waals surface area contributed by atoms with Crippen LogP contribution in [0.1, 0.15) is 13.8 Å². The van der Waals surface area contributed by atoms with Gasteiger partial charge in [0.2, 0.25) is 0 Å². The summed E-state index contributed by atoms with van der Waals surface area (Å²) in [6.45, 7) is 6.31. The highest BCUT2D eigenvalue weighted by Crippen LogP contribution is 2.37. The molecule has 0 bridgehead atoms. The Morgan fingerprint density at radius 3 is 2.20 bits per heavy atom. The van der Waals surface area contributed by atoms with E-state index >= 15 is 0 Å². The molecule has 0 aliphatic rings. The van der Waals surface area contributed by atoms with Gasteiger partial charge in [0.25, 0.3) is 0 Å². The predicted octanol–water partition coefficient (Wildman–Crippen LogP) is 6.64. The van der Waals surface area contributed by atoms with Crippen LogP contribution in [0, 0.1) is 0 Å². The maximum absolute atomic E-state index is 6.10. The number of aromatic nitrogens is 1. The first-order valence-corrected chi connectivity index (χ1v) is 10.5. The summed E-state index contributed by atoms with van der Waals surface area (Å²) in [4.78, 5) is 7.34. The van der Waals surface area contributed by atoms with Crippen LogP contribution >= 0.6 is 0 Å². The number of fused-ring (bicyclic) bond motifs is 3. The zero-order valence-electron chi connectivity index (χ0n) is 17.4. The fourth-order valence-electron chi connectivity index (χ4n) is 4.39. The Balaban J connectivity index is 1.84. The summed E-state index contributed by atoms with van der Waals surface area (Å²) in [6.07, 6.45) is 0. The number of nitrogen functional groups attached to an aromatic ring is 1. The Kier molecular flexibility index (Phi) is 4.51. The predicted molar refractivity (Wildman–Crippen MR) is 130 cm³/mol. The van der Waals surface area contributed by atoms with E-state index in [-0.39, 0.29) is 0 Å². The van der Waals surface area contributed by atoms with E-state index in [1.54, 1.807) is 0 Å². The Bertz CT molecular complexity index is 1380. The van der Waals surface area contributed by atoms with Crippen molar-refractivity contribution in [3.63, 3.8) is 0 Å². The maximum Gasteiger partial charge on any atom is 0.0736 e. The van der Waals surface area contributed by atoms with Gasteiger partial charge in [0.05, 0.1) is 11.0 Å². The molecule has 1 heterocycles. The molecule has 0 aliphatic carbocycles. The smallest absolute Gasteiger partial charge is 0.0736 e. The van der Waals surface area contributed by atoms with Gasteiger partial charge in [-0.05, 0) is 60.5 Å². The highest BCUT2D eigenvalue weighted by molar-refractivity contribution is 6.11. The minimum atomic E-state index is 0.735. The Morgan fingerprint density at radius 2 is 1.43 bits per heavy atom. The molecule has 4 aromatic carbocycles. The number of nitrogens with zero attached hydrogens (tertiary/aromatic N) is 2. The van der Waals surface area contributed by atoms with Crippen molar-refractivity contribution in [3.05, 3.63) is 78.9 Å². The number of hydrogen-bond donors (Lipinski definition) is 1. The number of benzene rings is 4. The lowest BCUT2D eigenvalue weighted by Crippen LogP contribution is -2.21. The molecule has 148 valence electrons. The molecule has 0 aliphatic heterocycles. The van der Waals surface area contributed by atoms with Gasteiger partial charge in [0, 0.05) is 40.8 Å². The van der Waals surface area contributed by atoms with Crippen molar-refractivity contribution >= 4 is 44.0 Å². The monoisotopic (exact) mass is 391 g/mol. The van der Waals surface area contributed by atoms with E-state index in [0.717, 1.165) is 35.2 Å². The molecule has 0 spiro atoms. The maximum atomic E-state index is 6.10. The normalized spacial score (nSPS) is 11.4. The standard InChI is InChI=1S/C27H25N3/c1-3-30(4-2)22-12-14-24-26(17-22)29-25-16-21(28)11-13-23(25)27(24)20-10-9-18-7-5-6-8-19(18)15-20/h5-17H,3-4,28H2,1-2H3. The SMILES string of the molecule is CCN(CC)c1ccc2c(-c3ccc4ccccc4c3)c3ccc(N)cc3nc2c1. The fraction of sp³-hybridized carbons (Fsp3) is 0.148. The summed E-state index contributed by atoms with van der Waals surface area (Å²) in [5.74, 6) is 0. The zero-order chi connectivity index (χ0) is 20.7. The number of pyridine rings is 1. The summed E-state index contributed by atoms with van der Waals surface area (Å²) in [6, 6.07) is 27.8. The fourth-order valence-corrected chi connectivity index (χ4v) is 4.39. The topological polar surface area (TPSA) is 42.1 Å². The van der Waals surface area contributed by atoms with Crippen LogP contribution in [-0.4, -0.2) is 18.1 Å². The molecule has 0 amide bonds. The van der Waals surface area contributed by atoms with Gasteiger partial charge in [-0.1, -0.05) is 48.5 Å². The van der Waals surface area contributed by atoms with E-state index in [0.29, 0.717) is 0 Å². The summed E-state index contributed by atoms with van der Waals surface area (Å²) in [7, 11) is 0. The molecule has 3 nitrogen and oxygen atoms in total. The number of rotatable bonds is 4. The van der Waals surface area contributed by atoms with Crippen LogP contribution in [0.25, 0.3) is 43.7 Å². The first-order chi connectivity index (χ1) is 14.7. The molecule has 2 N–H and O–H groups in total. The van der Waals surface area contributed by atoms with E-state index in [1.165, 1.54) is 33.0 Å². The quantitative estimate of drug-likeness (QED) is 0.276. The molecular formula is C27H25N3.